The molecular weight excluding hydrogens is 306 g/mol. The van der Waals surface area contributed by atoms with E-state index in [2.05, 4.69) is 69.3 Å². The number of aromatic nitrogens is 2. The van der Waals surface area contributed by atoms with Gasteiger partial charge in [-0.25, -0.2) is 4.98 Å². The Kier molecular flexibility index (Phi) is 4.37. The number of halogens is 1. The number of hydrogen-bond acceptors (Lipinski definition) is 4. The average Bonchev–Trinajstić information content (AvgIpc) is 2.41. The van der Waals surface area contributed by atoms with Gasteiger partial charge in [-0.15, -0.1) is 0 Å². The summed E-state index contributed by atoms with van der Waals surface area (Å²) in [6.07, 6.45) is 1.68. The highest BCUT2D eigenvalue weighted by molar-refractivity contribution is 9.10. The monoisotopic (exact) mass is 321 g/mol. The van der Waals surface area contributed by atoms with Crippen LogP contribution in [0.25, 0.3) is 0 Å². The quantitative estimate of drug-likeness (QED) is 0.932. The molecule has 1 N–H and O–H groups in total. The minimum Gasteiger partial charge on any atom is -0.480 e. The first-order valence-electron chi connectivity index (χ1n) is 6.00. The molecule has 0 saturated carbocycles. The number of rotatable bonds is 4. The minimum atomic E-state index is 0.131. The molecule has 4 nitrogen and oxygen atoms in total. The minimum absolute atomic E-state index is 0.131. The number of methoxy groups -OCH3 is 1. The van der Waals surface area contributed by atoms with Gasteiger partial charge in [-0.2, -0.15) is 4.98 Å². The van der Waals surface area contributed by atoms with E-state index >= 15 is 0 Å². The Morgan fingerprint density at radius 2 is 1.95 bits per heavy atom. The zero-order valence-electron chi connectivity index (χ0n) is 11.1. The first-order chi connectivity index (χ1) is 9.10. The number of nitrogens with zero attached hydrogens (tertiary/aromatic N) is 2. The molecule has 0 aliphatic heterocycles. The Labute approximate surface area is 121 Å². The van der Waals surface area contributed by atoms with Crippen molar-refractivity contribution in [2.45, 2.75) is 19.9 Å². The van der Waals surface area contributed by atoms with Crippen molar-refractivity contribution in [1.82, 2.24) is 9.97 Å². The fraction of sp³-hybridized carbons (Fsp3) is 0.286. The van der Waals surface area contributed by atoms with E-state index in [4.69, 9.17) is 4.74 Å². The molecular formula is C14H16BrN3O. The van der Waals surface area contributed by atoms with Crippen LogP contribution in [-0.4, -0.2) is 17.1 Å². The fourth-order valence-electron chi connectivity index (χ4n) is 1.70. The molecule has 0 amide bonds. The van der Waals surface area contributed by atoms with Gasteiger partial charge in [0, 0.05) is 0 Å². The molecule has 2 rings (SSSR count). The lowest BCUT2D eigenvalue weighted by atomic mass is 10.1. The maximum Gasteiger partial charge on any atom is 0.232 e. The smallest absolute Gasteiger partial charge is 0.232 e. The lowest BCUT2D eigenvalue weighted by Gasteiger charge is -2.15. The molecule has 100 valence electrons. The largest absolute Gasteiger partial charge is 0.480 e. The molecule has 0 bridgehead atoms. The van der Waals surface area contributed by atoms with E-state index in [0.717, 1.165) is 4.47 Å². The highest BCUT2D eigenvalue weighted by Gasteiger charge is 2.09. The van der Waals surface area contributed by atoms with Crippen LogP contribution in [0.3, 0.4) is 0 Å². The lowest BCUT2D eigenvalue weighted by molar-refractivity contribution is 0.394. The Balaban J connectivity index is 2.14. The third-order valence-corrected chi connectivity index (χ3v) is 3.37. The Bertz CT molecular complexity index is 557. The van der Waals surface area contributed by atoms with Crippen LogP contribution in [0.1, 0.15) is 24.1 Å². The number of nitrogens with one attached hydrogen (secondary N) is 1. The maximum atomic E-state index is 5.15. The van der Waals surface area contributed by atoms with Crippen molar-refractivity contribution >= 4 is 21.9 Å². The van der Waals surface area contributed by atoms with Gasteiger partial charge in [0.15, 0.2) is 0 Å². The molecule has 0 aliphatic carbocycles. The van der Waals surface area contributed by atoms with Gasteiger partial charge in [-0.05, 0) is 35.3 Å². The van der Waals surface area contributed by atoms with Crippen LogP contribution in [0.5, 0.6) is 5.88 Å². The Hall–Kier alpha value is -1.62. The number of anilines is 1. The molecule has 1 heterocycles. The van der Waals surface area contributed by atoms with Gasteiger partial charge in [0.25, 0.3) is 0 Å². The molecule has 0 spiro atoms. The second kappa shape index (κ2) is 6.02. The molecule has 1 aromatic heterocycles. The number of aryl methyl sites for hydroxylation is 1. The first-order valence-corrected chi connectivity index (χ1v) is 6.79. The molecule has 1 unspecified atom stereocenters. The molecule has 0 fully saturated rings. The van der Waals surface area contributed by atoms with E-state index in [1.165, 1.54) is 11.1 Å². The Morgan fingerprint density at radius 3 is 2.58 bits per heavy atom. The summed E-state index contributed by atoms with van der Waals surface area (Å²) in [5, 5.41) is 3.26. The van der Waals surface area contributed by atoms with Crippen molar-refractivity contribution in [3.8, 4) is 5.88 Å². The van der Waals surface area contributed by atoms with E-state index in [9.17, 15) is 0 Å². The van der Waals surface area contributed by atoms with Crippen LogP contribution in [-0.2, 0) is 0 Å². The average molecular weight is 322 g/mol. The summed E-state index contributed by atoms with van der Waals surface area (Å²) < 4.78 is 5.89. The van der Waals surface area contributed by atoms with Gasteiger partial charge in [0.2, 0.25) is 11.8 Å². The summed E-state index contributed by atoms with van der Waals surface area (Å²) in [7, 11) is 1.58. The maximum absolute atomic E-state index is 5.15. The Morgan fingerprint density at radius 1 is 1.26 bits per heavy atom. The molecule has 2 aromatic rings. The summed E-state index contributed by atoms with van der Waals surface area (Å²) in [4.78, 5) is 8.50. The van der Waals surface area contributed by atoms with E-state index < -0.39 is 0 Å². The topological polar surface area (TPSA) is 47.0 Å². The van der Waals surface area contributed by atoms with Crippen molar-refractivity contribution in [2.24, 2.45) is 0 Å². The summed E-state index contributed by atoms with van der Waals surface area (Å²) >= 11 is 3.33. The van der Waals surface area contributed by atoms with E-state index in [1.807, 2.05) is 0 Å². The van der Waals surface area contributed by atoms with Gasteiger partial charge in [-0.1, -0.05) is 29.8 Å². The van der Waals surface area contributed by atoms with Crippen LogP contribution in [0, 0.1) is 6.92 Å². The first kappa shape index (κ1) is 13.8. The van der Waals surface area contributed by atoms with E-state index in [0.29, 0.717) is 11.8 Å². The molecule has 0 aliphatic rings. The number of ether oxygens (including phenoxy) is 1. The van der Waals surface area contributed by atoms with Crippen LogP contribution in [0.2, 0.25) is 0 Å². The summed E-state index contributed by atoms with van der Waals surface area (Å²) in [6, 6.07) is 8.52. The molecule has 5 heteroatoms. The summed E-state index contributed by atoms with van der Waals surface area (Å²) in [5.74, 6) is 1.07. The molecule has 1 atom stereocenters. The second-order valence-corrected chi connectivity index (χ2v) is 5.18. The van der Waals surface area contributed by atoms with Gasteiger partial charge in [0.05, 0.1) is 23.8 Å². The van der Waals surface area contributed by atoms with Gasteiger partial charge in [0.1, 0.15) is 0 Å². The third kappa shape index (κ3) is 3.44. The standard InChI is InChI=1S/C14H16BrN3O/c1-9-4-6-11(7-5-9)10(2)17-14-16-8-12(15)13(18-14)19-3/h4-8,10H,1-3H3,(H,16,17,18). The second-order valence-electron chi connectivity index (χ2n) is 4.33. The van der Waals surface area contributed by atoms with E-state index in [1.54, 1.807) is 13.3 Å². The highest BCUT2D eigenvalue weighted by Crippen LogP contribution is 2.24. The summed E-state index contributed by atoms with van der Waals surface area (Å²) in [6.45, 7) is 4.15. The van der Waals surface area contributed by atoms with Gasteiger partial charge in [-0.3, -0.25) is 0 Å². The van der Waals surface area contributed by atoms with Crippen LogP contribution in [0.15, 0.2) is 34.9 Å². The van der Waals surface area contributed by atoms with E-state index in [-0.39, 0.29) is 6.04 Å². The third-order valence-electron chi connectivity index (χ3n) is 2.83. The lowest BCUT2D eigenvalue weighted by Crippen LogP contribution is -2.09. The van der Waals surface area contributed by atoms with Crippen molar-refractivity contribution in [1.29, 1.82) is 0 Å². The summed E-state index contributed by atoms with van der Waals surface area (Å²) in [5.41, 5.74) is 2.44. The van der Waals surface area contributed by atoms with Crippen molar-refractivity contribution < 1.29 is 4.74 Å². The number of hydrogen-bond donors (Lipinski definition) is 1. The van der Waals surface area contributed by atoms with Crippen LogP contribution >= 0.6 is 15.9 Å². The SMILES string of the molecule is COc1nc(NC(C)c2ccc(C)cc2)ncc1Br. The van der Waals surface area contributed by atoms with Crippen LogP contribution in [0.4, 0.5) is 5.95 Å². The fourth-order valence-corrected chi connectivity index (χ4v) is 2.05. The van der Waals surface area contributed by atoms with Gasteiger partial charge < -0.3 is 10.1 Å². The normalized spacial score (nSPS) is 12.0. The zero-order chi connectivity index (χ0) is 13.8. The zero-order valence-corrected chi connectivity index (χ0v) is 12.7. The molecule has 0 saturated heterocycles. The molecule has 0 radical (unpaired) electrons. The predicted octanol–water partition coefficient (Wildman–Crippen LogP) is 3.73. The van der Waals surface area contributed by atoms with Crippen molar-refractivity contribution in [3.05, 3.63) is 46.1 Å². The van der Waals surface area contributed by atoms with Crippen molar-refractivity contribution in [3.63, 3.8) is 0 Å². The molecule has 19 heavy (non-hydrogen) atoms. The molecule has 1 aromatic carbocycles. The van der Waals surface area contributed by atoms with Crippen molar-refractivity contribution in [2.75, 3.05) is 12.4 Å². The number of benzene rings is 1. The van der Waals surface area contributed by atoms with Crippen LogP contribution < -0.4 is 10.1 Å². The van der Waals surface area contributed by atoms with Gasteiger partial charge >= 0.3 is 0 Å². The predicted molar refractivity (Wildman–Crippen MR) is 79.5 cm³/mol. The highest BCUT2D eigenvalue weighted by atomic mass is 79.9.